The minimum Gasteiger partial charge on any atom is -0.378 e. The summed E-state index contributed by atoms with van der Waals surface area (Å²) in [6.07, 6.45) is 6.92. The maximum Gasteiger partial charge on any atom is 0.188 e. The Kier molecular flexibility index (Phi) is 2.26. The number of aromatic nitrogens is 1. The first-order valence-electron chi connectivity index (χ1n) is 6.75. The normalized spacial score (nSPS) is 40.3. The van der Waals surface area contributed by atoms with Crippen molar-refractivity contribution in [2.45, 2.75) is 38.0 Å². The van der Waals surface area contributed by atoms with Gasteiger partial charge in [-0.3, -0.25) is 4.98 Å². The van der Waals surface area contributed by atoms with E-state index in [1.165, 1.54) is 0 Å². The molecule has 5 heteroatoms. The number of nitrogens with one attached hydrogen (secondary N) is 1. The van der Waals surface area contributed by atoms with Gasteiger partial charge < -0.3 is 4.74 Å². The molecule has 0 amide bonds. The van der Waals surface area contributed by atoms with Crippen LogP contribution in [0.5, 0.6) is 0 Å². The van der Waals surface area contributed by atoms with Crippen LogP contribution in [-0.4, -0.2) is 29.3 Å². The number of hydrogen-bond acceptors (Lipinski definition) is 5. The standard InChI is InChI=1S/C14H17N3O2/c1-10-6-13(9-18-10)7-14(8-13)16-12(17-19-14)11-2-4-15-5-3-11/h2-5,10H,6-9H2,1H3,(H,16,17). The molecule has 4 rings (SSSR count). The van der Waals surface area contributed by atoms with Crippen molar-refractivity contribution < 1.29 is 9.57 Å². The Hall–Kier alpha value is -1.46. The van der Waals surface area contributed by atoms with Gasteiger partial charge in [0.05, 0.1) is 12.7 Å². The minimum atomic E-state index is -0.369. The summed E-state index contributed by atoms with van der Waals surface area (Å²) >= 11 is 0. The summed E-state index contributed by atoms with van der Waals surface area (Å²) in [5.41, 5.74) is 3.90. The fraction of sp³-hybridized carbons (Fsp3) is 0.571. The molecule has 1 saturated carbocycles. The molecule has 1 N–H and O–H groups in total. The first kappa shape index (κ1) is 11.4. The maximum absolute atomic E-state index is 5.74. The molecule has 5 nitrogen and oxygen atoms in total. The molecule has 1 aromatic rings. The van der Waals surface area contributed by atoms with Gasteiger partial charge in [0, 0.05) is 36.2 Å². The molecule has 3 aliphatic rings. The Labute approximate surface area is 112 Å². The van der Waals surface area contributed by atoms with Gasteiger partial charge in [0.2, 0.25) is 0 Å². The summed E-state index contributed by atoms with van der Waals surface area (Å²) in [5.74, 6) is 0.809. The molecular formula is C14H17N3O2. The van der Waals surface area contributed by atoms with Crippen LogP contribution < -0.4 is 5.48 Å². The lowest BCUT2D eigenvalue weighted by molar-refractivity contribution is -0.170. The molecule has 2 spiro atoms. The van der Waals surface area contributed by atoms with E-state index in [1.54, 1.807) is 12.4 Å². The average Bonchev–Trinajstić information content (AvgIpc) is 2.97. The monoisotopic (exact) mass is 259 g/mol. The zero-order valence-corrected chi connectivity index (χ0v) is 10.9. The SMILES string of the molecule is CC1CC2(CO1)CC1(C2)N=C(c2ccncc2)NO1. The van der Waals surface area contributed by atoms with E-state index in [4.69, 9.17) is 14.6 Å². The average molecular weight is 259 g/mol. The number of hydroxylamine groups is 1. The lowest BCUT2D eigenvalue weighted by Crippen LogP contribution is -2.52. The van der Waals surface area contributed by atoms with Crippen molar-refractivity contribution in [3.05, 3.63) is 30.1 Å². The first-order valence-corrected chi connectivity index (χ1v) is 6.75. The van der Waals surface area contributed by atoms with Gasteiger partial charge in [-0.1, -0.05) is 0 Å². The molecule has 0 radical (unpaired) electrons. The predicted octanol–water partition coefficient (Wildman–Crippen LogP) is 1.65. The molecule has 1 saturated heterocycles. The first-order chi connectivity index (χ1) is 9.19. The van der Waals surface area contributed by atoms with Crippen LogP contribution in [0, 0.1) is 5.41 Å². The third-order valence-electron chi connectivity index (χ3n) is 4.30. The van der Waals surface area contributed by atoms with Gasteiger partial charge in [0.25, 0.3) is 0 Å². The molecule has 0 bridgehead atoms. The lowest BCUT2D eigenvalue weighted by Gasteiger charge is -2.48. The smallest absolute Gasteiger partial charge is 0.188 e. The van der Waals surface area contributed by atoms with Crippen molar-refractivity contribution in [1.29, 1.82) is 0 Å². The second-order valence-corrected chi connectivity index (χ2v) is 6.03. The molecule has 100 valence electrons. The van der Waals surface area contributed by atoms with Crippen molar-refractivity contribution in [3.63, 3.8) is 0 Å². The largest absolute Gasteiger partial charge is 0.378 e. The third kappa shape index (κ3) is 1.76. The lowest BCUT2D eigenvalue weighted by atomic mass is 9.62. The van der Waals surface area contributed by atoms with Gasteiger partial charge >= 0.3 is 0 Å². The highest BCUT2D eigenvalue weighted by atomic mass is 16.7. The van der Waals surface area contributed by atoms with Crippen LogP contribution in [0.4, 0.5) is 0 Å². The summed E-state index contributed by atoms with van der Waals surface area (Å²) in [7, 11) is 0. The third-order valence-corrected chi connectivity index (χ3v) is 4.30. The highest BCUT2D eigenvalue weighted by Gasteiger charge is 2.60. The fourth-order valence-corrected chi connectivity index (χ4v) is 3.59. The molecule has 2 fully saturated rings. The molecule has 3 heterocycles. The van der Waals surface area contributed by atoms with E-state index >= 15 is 0 Å². The van der Waals surface area contributed by atoms with Crippen molar-refractivity contribution >= 4 is 5.84 Å². The Morgan fingerprint density at radius 3 is 2.79 bits per heavy atom. The zero-order valence-electron chi connectivity index (χ0n) is 10.9. The number of rotatable bonds is 1. The van der Waals surface area contributed by atoms with Crippen molar-refractivity contribution in [1.82, 2.24) is 10.5 Å². The summed E-state index contributed by atoms with van der Waals surface area (Å²) in [5, 5.41) is 0. The van der Waals surface area contributed by atoms with E-state index < -0.39 is 0 Å². The van der Waals surface area contributed by atoms with Crippen LogP contribution in [0.1, 0.15) is 31.7 Å². The highest BCUT2D eigenvalue weighted by Crippen LogP contribution is 2.57. The van der Waals surface area contributed by atoms with Gasteiger partial charge in [-0.15, -0.1) is 0 Å². The summed E-state index contributed by atoms with van der Waals surface area (Å²) in [6, 6.07) is 3.87. The van der Waals surface area contributed by atoms with Gasteiger partial charge in [-0.2, -0.15) is 0 Å². The number of hydrogen-bond donors (Lipinski definition) is 1. The van der Waals surface area contributed by atoms with Crippen molar-refractivity contribution in [2.24, 2.45) is 10.4 Å². The van der Waals surface area contributed by atoms with E-state index in [-0.39, 0.29) is 11.1 Å². The van der Waals surface area contributed by atoms with Crippen LogP contribution in [-0.2, 0) is 9.57 Å². The summed E-state index contributed by atoms with van der Waals surface area (Å²) in [4.78, 5) is 14.5. The van der Waals surface area contributed by atoms with E-state index in [1.807, 2.05) is 12.1 Å². The van der Waals surface area contributed by atoms with Crippen molar-refractivity contribution in [2.75, 3.05) is 6.61 Å². The van der Waals surface area contributed by atoms with E-state index in [0.717, 1.165) is 37.3 Å². The molecule has 0 aromatic carbocycles. The van der Waals surface area contributed by atoms with Crippen LogP contribution >= 0.6 is 0 Å². The van der Waals surface area contributed by atoms with Gasteiger partial charge in [0.1, 0.15) is 0 Å². The number of ether oxygens (including phenoxy) is 1. The van der Waals surface area contributed by atoms with Crippen LogP contribution in [0.15, 0.2) is 29.5 Å². The molecule has 1 unspecified atom stereocenters. The van der Waals surface area contributed by atoms with Crippen LogP contribution in [0.3, 0.4) is 0 Å². The number of amidine groups is 1. The maximum atomic E-state index is 5.74. The van der Waals surface area contributed by atoms with E-state index in [2.05, 4.69) is 17.4 Å². The molecule has 1 aliphatic carbocycles. The van der Waals surface area contributed by atoms with E-state index in [0.29, 0.717) is 6.10 Å². The van der Waals surface area contributed by atoms with Gasteiger partial charge in [-0.05, 0) is 25.5 Å². The highest BCUT2D eigenvalue weighted by molar-refractivity contribution is 5.99. The Bertz CT molecular complexity index is 523. The second kappa shape index (κ2) is 3.77. The quantitative estimate of drug-likeness (QED) is 0.833. The molecular weight excluding hydrogens is 242 g/mol. The van der Waals surface area contributed by atoms with Crippen LogP contribution in [0.25, 0.3) is 0 Å². The fourth-order valence-electron chi connectivity index (χ4n) is 3.59. The molecule has 19 heavy (non-hydrogen) atoms. The van der Waals surface area contributed by atoms with E-state index in [9.17, 15) is 0 Å². The van der Waals surface area contributed by atoms with Crippen LogP contribution in [0.2, 0.25) is 0 Å². The van der Waals surface area contributed by atoms with Gasteiger partial charge in [0.15, 0.2) is 11.6 Å². The topological polar surface area (TPSA) is 55.7 Å². The number of aliphatic imine (C=N–C) groups is 1. The molecule has 2 aliphatic heterocycles. The Morgan fingerprint density at radius 1 is 1.32 bits per heavy atom. The Balaban J connectivity index is 1.52. The van der Waals surface area contributed by atoms with Crippen molar-refractivity contribution in [3.8, 4) is 0 Å². The minimum absolute atomic E-state index is 0.290. The number of pyridine rings is 1. The Morgan fingerprint density at radius 2 is 2.11 bits per heavy atom. The zero-order chi connectivity index (χ0) is 12.9. The molecule has 1 aromatic heterocycles. The second-order valence-electron chi connectivity index (χ2n) is 6.03. The number of nitrogens with zero attached hydrogens (tertiary/aromatic N) is 2. The molecule has 1 atom stereocenters. The summed E-state index contributed by atoms with van der Waals surface area (Å²) < 4.78 is 5.69. The summed E-state index contributed by atoms with van der Waals surface area (Å²) in [6.45, 7) is 2.98. The predicted molar refractivity (Wildman–Crippen MR) is 69.4 cm³/mol. The van der Waals surface area contributed by atoms with Gasteiger partial charge in [-0.25, -0.2) is 15.3 Å².